The number of fused-ring (bicyclic) bond motifs is 1. The van der Waals surface area contributed by atoms with Gasteiger partial charge in [-0.15, -0.1) is 0 Å². The minimum Gasteiger partial charge on any atom is -0.507 e. The highest BCUT2D eigenvalue weighted by Crippen LogP contribution is 2.45. The molecule has 3 aromatic carbocycles. The lowest BCUT2D eigenvalue weighted by molar-refractivity contribution is -0.132. The Morgan fingerprint density at radius 1 is 0.975 bits per heavy atom. The van der Waals surface area contributed by atoms with Gasteiger partial charge in [0.1, 0.15) is 11.5 Å². The summed E-state index contributed by atoms with van der Waals surface area (Å²) in [5, 5.41) is 12.8. The van der Waals surface area contributed by atoms with Crippen molar-refractivity contribution in [3.05, 3.63) is 100 Å². The highest BCUT2D eigenvalue weighted by Gasteiger charge is 2.48. The first kappa shape index (κ1) is 27.3. The van der Waals surface area contributed by atoms with Crippen LogP contribution in [0.4, 0.5) is 5.69 Å². The van der Waals surface area contributed by atoms with Crippen LogP contribution < -0.4 is 9.64 Å². The summed E-state index contributed by atoms with van der Waals surface area (Å²) in [5.41, 5.74) is 5.51. The number of carbonyl (C=O) groups excluding carboxylic acids is 2. The number of benzene rings is 3. The van der Waals surface area contributed by atoms with Crippen molar-refractivity contribution in [1.29, 1.82) is 0 Å². The number of Topliss-reactive ketones (excluding diaryl/α,β-unsaturated/α-hetero) is 1. The zero-order chi connectivity index (χ0) is 28.9. The van der Waals surface area contributed by atoms with Gasteiger partial charge in [0.05, 0.1) is 18.2 Å². The predicted molar refractivity (Wildman–Crippen MR) is 160 cm³/mol. The van der Waals surface area contributed by atoms with Gasteiger partial charge in [0, 0.05) is 46.5 Å². The van der Waals surface area contributed by atoms with Crippen LogP contribution in [0.1, 0.15) is 61.6 Å². The quantitative estimate of drug-likeness (QED) is 0.168. The topological polar surface area (TPSA) is 71.8 Å². The standard InChI is InChI=1S/C34H36N2O4/c1-8-40-28-14-13-22(18-26(28)34(4,5)6)31(37)29-30(25-19-35(7)27-12-10-9-11-24(25)27)36(33(39)32(29)38)23-16-20(2)15-21(3)17-23/h9-19,30,37H,8H2,1-7H3/b31-29+. The van der Waals surface area contributed by atoms with E-state index in [-0.39, 0.29) is 16.7 Å². The van der Waals surface area contributed by atoms with E-state index in [1.807, 2.05) is 93.2 Å². The Balaban J connectivity index is 1.80. The molecule has 1 fully saturated rings. The van der Waals surface area contributed by atoms with Gasteiger partial charge in [0.2, 0.25) is 0 Å². The maximum Gasteiger partial charge on any atom is 0.300 e. The number of amides is 1. The van der Waals surface area contributed by atoms with E-state index in [0.29, 0.717) is 17.9 Å². The van der Waals surface area contributed by atoms with Gasteiger partial charge >= 0.3 is 0 Å². The van der Waals surface area contributed by atoms with Crippen molar-refractivity contribution < 1.29 is 19.4 Å². The van der Waals surface area contributed by atoms with Crippen LogP contribution in [-0.4, -0.2) is 28.0 Å². The predicted octanol–water partition coefficient (Wildman–Crippen LogP) is 7.12. The molecule has 0 saturated carbocycles. The molecule has 1 atom stereocenters. The molecule has 0 bridgehead atoms. The molecule has 1 saturated heterocycles. The first-order valence-electron chi connectivity index (χ1n) is 13.6. The van der Waals surface area contributed by atoms with Crippen molar-refractivity contribution in [3.8, 4) is 5.75 Å². The van der Waals surface area contributed by atoms with E-state index in [9.17, 15) is 14.7 Å². The minimum atomic E-state index is -0.808. The molecular weight excluding hydrogens is 500 g/mol. The molecule has 2 heterocycles. The third-order valence-electron chi connectivity index (χ3n) is 7.51. The second kappa shape index (κ2) is 10.0. The smallest absolute Gasteiger partial charge is 0.300 e. The van der Waals surface area contributed by atoms with Crippen LogP contribution in [0.5, 0.6) is 5.75 Å². The van der Waals surface area contributed by atoms with Gasteiger partial charge in [-0.05, 0) is 73.7 Å². The Kier molecular flexibility index (Phi) is 6.82. The van der Waals surface area contributed by atoms with Crippen molar-refractivity contribution in [1.82, 2.24) is 4.57 Å². The molecule has 5 rings (SSSR count). The Bertz CT molecular complexity index is 1670. The number of aliphatic hydroxyl groups is 1. The molecule has 0 spiro atoms. The monoisotopic (exact) mass is 536 g/mol. The van der Waals surface area contributed by atoms with Gasteiger partial charge < -0.3 is 14.4 Å². The SMILES string of the molecule is CCOc1ccc(/C(O)=C2\C(=O)C(=O)N(c3cc(C)cc(C)c3)C2c2cn(C)c3ccccc23)cc1C(C)(C)C. The lowest BCUT2D eigenvalue weighted by Gasteiger charge is -2.26. The number of aliphatic hydroxyl groups excluding tert-OH is 1. The third-order valence-corrected chi connectivity index (χ3v) is 7.51. The number of nitrogens with zero attached hydrogens (tertiary/aromatic N) is 2. The maximum atomic E-state index is 13.8. The van der Waals surface area contributed by atoms with E-state index in [1.54, 1.807) is 6.07 Å². The Morgan fingerprint density at radius 2 is 1.65 bits per heavy atom. The first-order valence-corrected chi connectivity index (χ1v) is 13.6. The molecule has 4 aromatic rings. The van der Waals surface area contributed by atoms with Crippen molar-refractivity contribution in [2.24, 2.45) is 7.05 Å². The zero-order valence-corrected chi connectivity index (χ0v) is 24.2. The van der Waals surface area contributed by atoms with Crippen molar-refractivity contribution >= 4 is 34.0 Å². The van der Waals surface area contributed by atoms with Gasteiger partial charge in [-0.2, -0.15) is 0 Å². The van der Waals surface area contributed by atoms with Gasteiger partial charge in [0.15, 0.2) is 0 Å². The fourth-order valence-electron chi connectivity index (χ4n) is 5.77. The number of aromatic nitrogens is 1. The normalized spacial score (nSPS) is 17.2. The van der Waals surface area contributed by atoms with E-state index in [4.69, 9.17) is 4.74 Å². The molecule has 1 aliphatic heterocycles. The molecule has 0 aliphatic carbocycles. The molecular formula is C34H36N2O4. The van der Waals surface area contributed by atoms with Crippen LogP contribution in [0.2, 0.25) is 0 Å². The molecule has 1 aliphatic rings. The number of ether oxygens (including phenoxy) is 1. The van der Waals surface area contributed by atoms with E-state index in [2.05, 4.69) is 20.8 Å². The van der Waals surface area contributed by atoms with Crippen LogP contribution >= 0.6 is 0 Å². The zero-order valence-electron chi connectivity index (χ0n) is 24.2. The average Bonchev–Trinajstić information content (AvgIpc) is 3.36. The molecule has 6 nitrogen and oxygen atoms in total. The second-order valence-corrected chi connectivity index (χ2v) is 11.6. The fourth-order valence-corrected chi connectivity index (χ4v) is 5.77. The number of rotatable bonds is 5. The van der Waals surface area contributed by atoms with Crippen molar-refractivity contribution in [3.63, 3.8) is 0 Å². The number of aryl methyl sites for hydroxylation is 3. The number of para-hydroxylation sites is 1. The first-order chi connectivity index (χ1) is 18.9. The van der Waals surface area contributed by atoms with Gasteiger partial charge in [0.25, 0.3) is 11.7 Å². The highest BCUT2D eigenvalue weighted by atomic mass is 16.5. The number of ketones is 1. The number of anilines is 1. The van der Waals surface area contributed by atoms with Gasteiger partial charge in [-0.1, -0.05) is 45.0 Å². The van der Waals surface area contributed by atoms with E-state index < -0.39 is 17.7 Å². The summed E-state index contributed by atoms with van der Waals surface area (Å²) in [5.74, 6) is -0.836. The Labute approximate surface area is 235 Å². The van der Waals surface area contributed by atoms with E-state index in [0.717, 1.165) is 38.9 Å². The summed E-state index contributed by atoms with van der Waals surface area (Å²) in [6, 6.07) is 18.4. The Morgan fingerprint density at radius 3 is 2.30 bits per heavy atom. The lowest BCUT2D eigenvalue weighted by atomic mass is 9.84. The lowest BCUT2D eigenvalue weighted by Crippen LogP contribution is -2.29. The maximum absolute atomic E-state index is 13.8. The van der Waals surface area contributed by atoms with Gasteiger partial charge in [-0.25, -0.2) is 0 Å². The fraction of sp³-hybridized carbons (Fsp3) is 0.294. The van der Waals surface area contributed by atoms with Crippen LogP contribution in [-0.2, 0) is 22.1 Å². The molecule has 1 unspecified atom stereocenters. The van der Waals surface area contributed by atoms with Crippen molar-refractivity contribution in [2.45, 2.75) is 53.0 Å². The molecule has 1 N–H and O–H groups in total. The van der Waals surface area contributed by atoms with E-state index in [1.165, 1.54) is 4.90 Å². The van der Waals surface area contributed by atoms with Crippen LogP contribution in [0.25, 0.3) is 16.7 Å². The summed E-state index contributed by atoms with van der Waals surface area (Å²) in [6.45, 7) is 12.6. The third kappa shape index (κ3) is 4.57. The molecule has 206 valence electrons. The molecule has 40 heavy (non-hydrogen) atoms. The minimum absolute atomic E-state index is 0.0736. The number of hydrogen-bond donors (Lipinski definition) is 1. The summed E-state index contributed by atoms with van der Waals surface area (Å²) >= 11 is 0. The Hall–Kier alpha value is -4.32. The summed E-state index contributed by atoms with van der Waals surface area (Å²) in [7, 11) is 1.94. The number of hydrogen-bond acceptors (Lipinski definition) is 4. The molecule has 6 heteroatoms. The van der Waals surface area contributed by atoms with E-state index >= 15 is 0 Å². The summed E-state index contributed by atoms with van der Waals surface area (Å²) < 4.78 is 7.86. The van der Waals surface area contributed by atoms with Crippen LogP contribution in [0, 0.1) is 13.8 Å². The molecule has 1 amide bonds. The van der Waals surface area contributed by atoms with Gasteiger partial charge in [-0.3, -0.25) is 14.5 Å². The largest absolute Gasteiger partial charge is 0.507 e. The molecule has 1 aromatic heterocycles. The molecule has 0 radical (unpaired) electrons. The van der Waals surface area contributed by atoms with Crippen molar-refractivity contribution in [2.75, 3.05) is 11.5 Å². The summed E-state index contributed by atoms with van der Waals surface area (Å²) in [6.07, 6.45) is 1.95. The highest BCUT2D eigenvalue weighted by molar-refractivity contribution is 6.52. The van der Waals surface area contributed by atoms with Crippen LogP contribution in [0.15, 0.2) is 72.4 Å². The number of carbonyl (C=O) groups is 2. The average molecular weight is 537 g/mol. The summed E-state index contributed by atoms with van der Waals surface area (Å²) in [4.78, 5) is 29.1. The second-order valence-electron chi connectivity index (χ2n) is 11.6. The van der Waals surface area contributed by atoms with Crippen LogP contribution in [0.3, 0.4) is 0 Å².